The standard InChI is InChI=1S/C17H25NO2/c1-12-8-9-16(10-13(12)2)20-11-14(3)18-17(19)15-6-4-5-7-15/h8-10,14-15H,4-7,11H2,1-3H3,(H,18,19)/t14-/m1/s1. The molecule has 0 bridgehead atoms. The van der Waals surface area contributed by atoms with Gasteiger partial charge in [0, 0.05) is 5.92 Å². The number of carbonyl (C=O) groups is 1. The van der Waals surface area contributed by atoms with Gasteiger partial charge in [0.1, 0.15) is 12.4 Å². The number of ether oxygens (including phenoxy) is 1. The zero-order chi connectivity index (χ0) is 14.5. The minimum atomic E-state index is 0.0460. The van der Waals surface area contributed by atoms with E-state index >= 15 is 0 Å². The van der Waals surface area contributed by atoms with Crippen LogP contribution in [-0.4, -0.2) is 18.6 Å². The molecule has 1 N–H and O–H groups in total. The van der Waals surface area contributed by atoms with Gasteiger partial charge in [-0.2, -0.15) is 0 Å². The monoisotopic (exact) mass is 275 g/mol. The fraction of sp³-hybridized carbons (Fsp3) is 0.588. The van der Waals surface area contributed by atoms with Crippen LogP contribution in [0.15, 0.2) is 18.2 Å². The molecule has 0 spiro atoms. The van der Waals surface area contributed by atoms with Crippen LogP contribution in [0.4, 0.5) is 0 Å². The van der Waals surface area contributed by atoms with E-state index in [1.807, 2.05) is 19.1 Å². The van der Waals surface area contributed by atoms with Crippen molar-refractivity contribution in [2.24, 2.45) is 5.92 Å². The molecule has 1 amide bonds. The molecule has 0 radical (unpaired) electrons. The number of carbonyl (C=O) groups excluding carboxylic acids is 1. The van der Waals surface area contributed by atoms with E-state index in [4.69, 9.17) is 4.74 Å². The van der Waals surface area contributed by atoms with Crippen LogP contribution in [0.5, 0.6) is 5.75 Å². The molecule has 1 saturated carbocycles. The zero-order valence-electron chi connectivity index (χ0n) is 12.7. The average molecular weight is 275 g/mol. The molecule has 3 nitrogen and oxygen atoms in total. The Morgan fingerprint density at radius 1 is 1.30 bits per heavy atom. The molecule has 1 atom stereocenters. The Labute approximate surface area is 121 Å². The summed E-state index contributed by atoms with van der Waals surface area (Å²) in [5.41, 5.74) is 2.49. The second-order valence-corrected chi connectivity index (χ2v) is 5.95. The summed E-state index contributed by atoms with van der Waals surface area (Å²) in [6.07, 6.45) is 4.45. The minimum Gasteiger partial charge on any atom is -0.491 e. The lowest BCUT2D eigenvalue weighted by Gasteiger charge is -2.18. The van der Waals surface area contributed by atoms with Gasteiger partial charge in [-0.05, 0) is 56.9 Å². The molecule has 110 valence electrons. The highest BCUT2D eigenvalue weighted by Crippen LogP contribution is 2.24. The molecule has 1 fully saturated rings. The topological polar surface area (TPSA) is 38.3 Å². The molecule has 0 saturated heterocycles. The molecule has 1 aromatic carbocycles. The van der Waals surface area contributed by atoms with Gasteiger partial charge in [0.2, 0.25) is 5.91 Å². The Bertz CT molecular complexity index is 464. The van der Waals surface area contributed by atoms with Gasteiger partial charge in [0.05, 0.1) is 6.04 Å². The lowest BCUT2D eigenvalue weighted by molar-refractivity contribution is -0.125. The Morgan fingerprint density at radius 3 is 2.65 bits per heavy atom. The molecule has 3 heteroatoms. The first kappa shape index (κ1) is 14.9. The van der Waals surface area contributed by atoms with E-state index in [-0.39, 0.29) is 17.9 Å². The van der Waals surface area contributed by atoms with Crippen molar-refractivity contribution in [2.75, 3.05) is 6.61 Å². The third kappa shape index (κ3) is 3.99. The molecule has 1 aliphatic carbocycles. The summed E-state index contributed by atoms with van der Waals surface area (Å²) in [5, 5.41) is 3.05. The lowest BCUT2D eigenvalue weighted by atomic mass is 10.1. The summed E-state index contributed by atoms with van der Waals surface area (Å²) in [5.74, 6) is 1.29. The number of benzene rings is 1. The highest BCUT2D eigenvalue weighted by molar-refractivity contribution is 5.79. The van der Waals surface area contributed by atoms with E-state index in [0.29, 0.717) is 6.61 Å². The van der Waals surface area contributed by atoms with Crippen molar-refractivity contribution in [3.05, 3.63) is 29.3 Å². The Hall–Kier alpha value is -1.51. The number of nitrogens with one attached hydrogen (secondary N) is 1. The van der Waals surface area contributed by atoms with E-state index in [2.05, 4.69) is 25.2 Å². The van der Waals surface area contributed by atoms with E-state index in [9.17, 15) is 4.79 Å². The van der Waals surface area contributed by atoms with Gasteiger partial charge in [-0.25, -0.2) is 0 Å². The van der Waals surface area contributed by atoms with Gasteiger partial charge in [-0.3, -0.25) is 4.79 Å². The molecular formula is C17H25NO2. The molecule has 2 rings (SSSR count). The third-order valence-corrected chi connectivity index (χ3v) is 4.09. The smallest absolute Gasteiger partial charge is 0.223 e. The first-order chi connectivity index (χ1) is 9.56. The predicted octanol–water partition coefficient (Wildman–Crippen LogP) is 3.38. The van der Waals surface area contributed by atoms with Crippen LogP contribution in [-0.2, 0) is 4.79 Å². The molecule has 0 aliphatic heterocycles. The Morgan fingerprint density at radius 2 is 2.00 bits per heavy atom. The van der Waals surface area contributed by atoms with Crippen LogP contribution < -0.4 is 10.1 Å². The maximum absolute atomic E-state index is 12.0. The molecule has 0 heterocycles. The highest BCUT2D eigenvalue weighted by atomic mass is 16.5. The second kappa shape index (κ2) is 6.78. The Balaban J connectivity index is 1.78. The van der Waals surface area contributed by atoms with E-state index < -0.39 is 0 Å². The van der Waals surface area contributed by atoms with Crippen LogP contribution in [0.1, 0.15) is 43.7 Å². The molecule has 0 aromatic heterocycles. The van der Waals surface area contributed by atoms with E-state index in [0.717, 1.165) is 18.6 Å². The van der Waals surface area contributed by atoms with Crippen molar-refractivity contribution in [1.82, 2.24) is 5.32 Å². The first-order valence-corrected chi connectivity index (χ1v) is 7.56. The number of aryl methyl sites for hydroxylation is 2. The summed E-state index contributed by atoms with van der Waals surface area (Å²) >= 11 is 0. The van der Waals surface area contributed by atoms with Crippen LogP contribution in [0.3, 0.4) is 0 Å². The second-order valence-electron chi connectivity index (χ2n) is 5.95. The largest absolute Gasteiger partial charge is 0.491 e. The van der Waals surface area contributed by atoms with Crippen molar-refractivity contribution < 1.29 is 9.53 Å². The van der Waals surface area contributed by atoms with Crippen molar-refractivity contribution in [3.8, 4) is 5.75 Å². The van der Waals surface area contributed by atoms with Gasteiger partial charge in [-0.1, -0.05) is 18.9 Å². The first-order valence-electron chi connectivity index (χ1n) is 7.56. The summed E-state index contributed by atoms with van der Waals surface area (Å²) in [6, 6.07) is 6.13. The maximum atomic E-state index is 12.0. The summed E-state index contributed by atoms with van der Waals surface area (Å²) in [6.45, 7) is 6.67. The highest BCUT2D eigenvalue weighted by Gasteiger charge is 2.23. The summed E-state index contributed by atoms with van der Waals surface area (Å²) in [7, 11) is 0. The summed E-state index contributed by atoms with van der Waals surface area (Å²) in [4.78, 5) is 12.0. The van der Waals surface area contributed by atoms with E-state index in [1.165, 1.54) is 24.0 Å². The predicted molar refractivity (Wildman–Crippen MR) is 81.0 cm³/mol. The van der Waals surface area contributed by atoms with Crippen LogP contribution in [0, 0.1) is 19.8 Å². The lowest BCUT2D eigenvalue weighted by Crippen LogP contribution is -2.39. The number of amides is 1. The van der Waals surface area contributed by atoms with Crippen LogP contribution in [0.2, 0.25) is 0 Å². The summed E-state index contributed by atoms with van der Waals surface area (Å²) < 4.78 is 5.75. The van der Waals surface area contributed by atoms with Gasteiger partial charge in [-0.15, -0.1) is 0 Å². The molecular weight excluding hydrogens is 250 g/mol. The van der Waals surface area contributed by atoms with Crippen molar-refractivity contribution in [3.63, 3.8) is 0 Å². The SMILES string of the molecule is Cc1ccc(OC[C@@H](C)NC(=O)C2CCCC2)cc1C. The van der Waals surface area contributed by atoms with Crippen LogP contribution >= 0.6 is 0 Å². The number of rotatable bonds is 5. The molecule has 20 heavy (non-hydrogen) atoms. The number of hydrogen-bond donors (Lipinski definition) is 1. The van der Waals surface area contributed by atoms with Gasteiger partial charge < -0.3 is 10.1 Å². The molecule has 1 aromatic rings. The van der Waals surface area contributed by atoms with E-state index in [1.54, 1.807) is 0 Å². The normalized spacial score (nSPS) is 16.9. The van der Waals surface area contributed by atoms with Gasteiger partial charge >= 0.3 is 0 Å². The molecule has 0 unspecified atom stereocenters. The quantitative estimate of drug-likeness (QED) is 0.894. The van der Waals surface area contributed by atoms with Crippen molar-refractivity contribution in [2.45, 2.75) is 52.5 Å². The fourth-order valence-corrected chi connectivity index (χ4v) is 2.62. The maximum Gasteiger partial charge on any atom is 0.223 e. The minimum absolute atomic E-state index is 0.0460. The van der Waals surface area contributed by atoms with Crippen molar-refractivity contribution in [1.29, 1.82) is 0 Å². The van der Waals surface area contributed by atoms with Crippen LogP contribution in [0.25, 0.3) is 0 Å². The van der Waals surface area contributed by atoms with Gasteiger partial charge in [0.15, 0.2) is 0 Å². The Kier molecular flexibility index (Phi) is 5.05. The van der Waals surface area contributed by atoms with Crippen molar-refractivity contribution >= 4 is 5.91 Å². The third-order valence-electron chi connectivity index (χ3n) is 4.09. The fourth-order valence-electron chi connectivity index (χ4n) is 2.62. The zero-order valence-corrected chi connectivity index (χ0v) is 12.7. The average Bonchev–Trinajstić information content (AvgIpc) is 2.94. The van der Waals surface area contributed by atoms with Gasteiger partial charge in [0.25, 0.3) is 0 Å². The number of hydrogen-bond acceptors (Lipinski definition) is 2. The molecule has 1 aliphatic rings.